The first-order valence-electron chi connectivity index (χ1n) is 9.15. The highest BCUT2D eigenvalue weighted by Crippen LogP contribution is 2.21. The van der Waals surface area contributed by atoms with Gasteiger partial charge in [-0.2, -0.15) is 4.98 Å². The Hall–Kier alpha value is -3.49. The van der Waals surface area contributed by atoms with E-state index in [2.05, 4.69) is 15.3 Å². The van der Waals surface area contributed by atoms with Gasteiger partial charge in [0.1, 0.15) is 5.82 Å². The number of carbonyl (C=O) groups is 1. The molecule has 2 aromatic heterocycles. The molecular weight excluding hydrogens is 380 g/mol. The molecule has 9 heteroatoms. The number of carbonyl (C=O) groups excluding carboxylic acids is 1. The molecule has 1 saturated heterocycles. The standard InChI is InChI=1S/C20H19F2N5O2/c1-13-11-18(24-14-4-5-15(21)16(22)12-14)25-20(23-13)27-8-6-26(7-9-27)19(28)17-3-2-10-29-17/h2-5,10-12H,6-9H2,1H3,(H,23,24,25). The van der Waals surface area contributed by atoms with E-state index in [4.69, 9.17) is 4.42 Å². The highest BCUT2D eigenvalue weighted by molar-refractivity contribution is 5.91. The third-order valence-electron chi connectivity index (χ3n) is 4.62. The third kappa shape index (κ3) is 4.18. The van der Waals surface area contributed by atoms with Crippen molar-refractivity contribution in [1.82, 2.24) is 14.9 Å². The lowest BCUT2D eigenvalue weighted by Gasteiger charge is -2.34. The van der Waals surface area contributed by atoms with Crippen molar-refractivity contribution >= 4 is 23.4 Å². The number of aromatic nitrogens is 2. The molecule has 3 aromatic rings. The third-order valence-corrected chi connectivity index (χ3v) is 4.62. The molecule has 1 fully saturated rings. The van der Waals surface area contributed by atoms with E-state index in [0.29, 0.717) is 49.4 Å². The summed E-state index contributed by atoms with van der Waals surface area (Å²) in [6, 6.07) is 8.63. The van der Waals surface area contributed by atoms with Crippen LogP contribution < -0.4 is 10.2 Å². The first-order chi connectivity index (χ1) is 14.0. The Morgan fingerprint density at radius 2 is 1.86 bits per heavy atom. The van der Waals surface area contributed by atoms with Crippen molar-refractivity contribution in [2.75, 3.05) is 36.4 Å². The molecule has 1 N–H and O–H groups in total. The highest BCUT2D eigenvalue weighted by Gasteiger charge is 2.25. The minimum Gasteiger partial charge on any atom is -0.459 e. The number of nitrogens with zero attached hydrogens (tertiary/aromatic N) is 4. The average Bonchev–Trinajstić information content (AvgIpc) is 3.25. The van der Waals surface area contributed by atoms with Gasteiger partial charge >= 0.3 is 0 Å². The van der Waals surface area contributed by atoms with Crippen molar-refractivity contribution in [3.63, 3.8) is 0 Å². The number of aryl methyl sites for hydroxylation is 1. The van der Waals surface area contributed by atoms with Crippen LogP contribution in [0, 0.1) is 18.6 Å². The Morgan fingerprint density at radius 1 is 1.07 bits per heavy atom. The van der Waals surface area contributed by atoms with Crippen LogP contribution in [-0.2, 0) is 0 Å². The molecule has 0 unspecified atom stereocenters. The Bertz CT molecular complexity index is 1020. The molecule has 7 nitrogen and oxygen atoms in total. The molecule has 3 heterocycles. The van der Waals surface area contributed by atoms with E-state index >= 15 is 0 Å². The van der Waals surface area contributed by atoms with Gasteiger partial charge in [-0.3, -0.25) is 4.79 Å². The molecule has 0 bridgehead atoms. The van der Waals surface area contributed by atoms with E-state index in [1.54, 1.807) is 23.1 Å². The summed E-state index contributed by atoms with van der Waals surface area (Å²) in [6.07, 6.45) is 1.48. The first-order valence-corrected chi connectivity index (χ1v) is 9.15. The fraction of sp³-hybridized carbons (Fsp3) is 0.250. The van der Waals surface area contributed by atoms with Gasteiger partial charge < -0.3 is 19.5 Å². The maximum absolute atomic E-state index is 13.4. The smallest absolute Gasteiger partial charge is 0.289 e. The lowest BCUT2D eigenvalue weighted by Crippen LogP contribution is -2.49. The number of nitrogens with one attached hydrogen (secondary N) is 1. The predicted octanol–water partition coefficient (Wildman–Crippen LogP) is 3.36. The molecular formula is C20H19F2N5O2. The van der Waals surface area contributed by atoms with Gasteiger partial charge in [0.05, 0.1) is 6.26 Å². The molecule has 1 aliphatic rings. The number of hydrogen-bond acceptors (Lipinski definition) is 6. The molecule has 1 aromatic carbocycles. The summed E-state index contributed by atoms with van der Waals surface area (Å²) in [7, 11) is 0. The molecule has 150 valence electrons. The zero-order valence-corrected chi connectivity index (χ0v) is 15.7. The molecule has 1 aliphatic heterocycles. The fourth-order valence-corrected chi connectivity index (χ4v) is 3.15. The van der Waals surface area contributed by atoms with E-state index in [1.165, 1.54) is 12.3 Å². The topological polar surface area (TPSA) is 74.5 Å². The van der Waals surface area contributed by atoms with Crippen LogP contribution in [0.4, 0.5) is 26.2 Å². The highest BCUT2D eigenvalue weighted by atomic mass is 19.2. The Labute approximate surface area is 166 Å². The van der Waals surface area contributed by atoms with Crippen LogP contribution in [0.2, 0.25) is 0 Å². The molecule has 0 saturated carbocycles. The molecule has 29 heavy (non-hydrogen) atoms. The summed E-state index contributed by atoms with van der Waals surface area (Å²) >= 11 is 0. The summed E-state index contributed by atoms with van der Waals surface area (Å²) in [5.41, 5.74) is 1.12. The van der Waals surface area contributed by atoms with E-state index in [1.807, 2.05) is 11.8 Å². The number of benzene rings is 1. The van der Waals surface area contributed by atoms with Gasteiger partial charge in [0, 0.05) is 49.7 Å². The van der Waals surface area contributed by atoms with Crippen molar-refractivity contribution in [3.05, 3.63) is 65.7 Å². The van der Waals surface area contributed by atoms with Gasteiger partial charge in [-0.1, -0.05) is 0 Å². The van der Waals surface area contributed by atoms with Crippen LogP contribution in [0.25, 0.3) is 0 Å². The van der Waals surface area contributed by atoms with Crippen molar-refractivity contribution in [3.8, 4) is 0 Å². The van der Waals surface area contributed by atoms with Crippen molar-refractivity contribution in [2.45, 2.75) is 6.92 Å². The van der Waals surface area contributed by atoms with E-state index in [9.17, 15) is 13.6 Å². The summed E-state index contributed by atoms with van der Waals surface area (Å²) in [5.74, 6) is -0.660. The van der Waals surface area contributed by atoms with Crippen LogP contribution in [0.5, 0.6) is 0 Å². The second kappa shape index (κ2) is 7.86. The molecule has 0 aliphatic carbocycles. The summed E-state index contributed by atoms with van der Waals surface area (Å²) in [5, 5.41) is 2.98. The quantitative estimate of drug-likeness (QED) is 0.725. The summed E-state index contributed by atoms with van der Waals surface area (Å²) in [4.78, 5) is 25.1. The SMILES string of the molecule is Cc1cc(Nc2ccc(F)c(F)c2)nc(N2CCN(C(=O)c3ccco3)CC2)n1. The molecule has 0 radical (unpaired) electrons. The molecule has 0 atom stereocenters. The maximum atomic E-state index is 13.4. The van der Waals surface area contributed by atoms with E-state index in [-0.39, 0.29) is 5.91 Å². The molecule has 0 spiro atoms. The summed E-state index contributed by atoms with van der Waals surface area (Å²) in [6.45, 7) is 4.00. The first kappa shape index (κ1) is 18.9. The van der Waals surface area contributed by atoms with Crippen LogP contribution in [-0.4, -0.2) is 47.0 Å². The van der Waals surface area contributed by atoms with Crippen molar-refractivity contribution < 1.29 is 18.0 Å². The van der Waals surface area contributed by atoms with Crippen molar-refractivity contribution in [2.24, 2.45) is 0 Å². The zero-order valence-electron chi connectivity index (χ0n) is 15.7. The number of halogens is 2. The zero-order chi connectivity index (χ0) is 20.4. The normalized spacial score (nSPS) is 14.2. The Kier molecular flexibility index (Phi) is 5.11. The number of furan rings is 1. The Morgan fingerprint density at radius 3 is 2.55 bits per heavy atom. The number of piperazine rings is 1. The number of amides is 1. The largest absolute Gasteiger partial charge is 0.459 e. The van der Waals surface area contributed by atoms with Gasteiger partial charge in [-0.15, -0.1) is 0 Å². The molecule has 1 amide bonds. The monoisotopic (exact) mass is 399 g/mol. The molecule has 4 rings (SSSR count). The van der Waals surface area contributed by atoms with Gasteiger partial charge in [0.15, 0.2) is 17.4 Å². The fourth-order valence-electron chi connectivity index (χ4n) is 3.15. The van der Waals surface area contributed by atoms with Crippen LogP contribution in [0.15, 0.2) is 47.1 Å². The number of hydrogen-bond donors (Lipinski definition) is 1. The van der Waals surface area contributed by atoms with E-state index < -0.39 is 11.6 Å². The van der Waals surface area contributed by atoms with Gasteiger partial charge in [0.2, 0.25) is 5.95 Å². The second-order valence-electron chi connectivity index (χ2n) is 6.71. The van der Waals surface area contributed by atoms with Gasteiger partial charge in [0.25, 0.3) is 5.91 Å². The maximum Gasteiger partial charge on any atom is 0.289 e. The van der Waals surface area contributed by atoms with Gasteiger partial charge in [-0.05, 0) is 31.2 Å². The lowest BCUT2D eigenvalue weighted by atomic mass is 10.3. The summed E-state index contributed by atoms with van der Waals surface area (Å²) < 4.78 is 31.7. The predicted molar refractivity (Wildman–Crippen MR) is 103 cm³/mol. The Balaban J connectivity index is 1.45. The lowest BCUT2D eigenvalue weighted by molar-refractivity contribution is 0.0714. The van der Waals surface area contributed by atoms with E-state index in [0.717, 1.165) is 17.8 Å². The van der Waals surface area contributed by atoms with Gasteiger partial charge in [-0.25, -0.2) is 13.8 Å². The average molecular weight is 399 g/mol. The van der Waals surface area contributed by atoms with Crippen molar-refractivity contribution in [1.29, 1.82) is 0 Å². The second-order valence-corrected chi connectivity index (χ2v) is 6.71. The minimum absolute atomic E-state index is 0.138. The number of rotatable bonds is 4. The minimum atomic E-state index is -0.932. The number of anilines is 3. The van der Waals surface area contributed by atoms with Crippen LogP contribution >= 0.6 is 0 Å². The van der Waals surface area contributed by atoms with Crippen LogP contribution in [0.3, 0.4) is 0 Å². The van der Waals surface area contributed by atoms with Crippen LogP contribution in [0.1, 0.15) is 16.2 Å².